The molecule has 0 rings (SSSR count). The van der Waals surface area contributed by atoms with Crippen LogP contribution in [-0.4, -0.2) is 24.6 Å². The Morgan fingerprint density at radius 3 is 2.56 bits per heavy atom. The third-order valence-electron chi connectivity index (χ3n) is 2.82. The monoisotopic (exact) mass is 242 g/mol. The van der Waals surface area contributed by atoms with Crippen LogP contribution in [0.5, 0.6) is 0 Å². The maximum Gasteiger partial charge on any atom is 0.0683 e. The molecule has 0 amide bonds. The first-order chi connectivity index (χ1) is 7.55. The highest BCUT2D eigenvalue weighted by atomic mass is 32.2. The second kappa shape index (κ2) is 8.90. The Labute approximate surface area is 105 Å². The van der Waals surface area contributed by atoms with Gasteiger partial charge >= 0.3 is 0 Å². The van der Waals surface area contributed by atoms with E-state index in [-0.39, 0.29) is 5.41 Å². The Hall–Kier alpha value is -0.200. The molecule has 0 fully saturated rings. The van der Waals surface area contributed by atoms with E-state index in [1.807, 2.05) is 25.6 Å². The van der Waals surface area contributed by atoms with Crippen molar-refractivity contribution in [2.24, 2.45) is 5.41 Å². The Morgan fingerprint density at radius 2 is 2.06 bits per heavy atom. The molecule has 0 saturated carbocycles. The quantitative estimate of drug-likeness (QED) is 0.629. The number of hydrogen-bond donors (Lipinski definition) is 1. The zero-order chi connectivity index (χ0) is 12.4. The van der Waals surface area contributed by atoms with Gasteiger partial charge in [-0.3, -0.25) is 0 Å². The van der Waals surface area contributed by atoms with E-state index in [2.05, 4.69) is 24.6 Å². The minimum atomic E-state index is -0.149. The third-order valence-corrected chi connectivity index (χ3v) is 3.56. The molecular weight excluding hydrogens is 216 g/mol. The van der Waals surface area contributed by atoms with Gasteiger partial charge in [0.1, 0.15) is 0 Å². The van der Waals surface area contributed by atoms with Gasteiger partial charge in [-0.1, -0.05) is 13.3 Å². The molecule has 0 aromatic heterocycles. The molecule has 0 aliphatic carbocycles. The molecule has 0 aromatic rings. The highest BCUT2D eigenvalue weighted by molar-refractivity contribution is 7.98. The molecule has 0 aliphatic rings. The number of hydrogen-bond acceptors (Lipinski definition) is 3. The van der Waals surface area contributed by atoms with E-state index in [1.165, 1.54) is 18.6 Å². The maximum absolute atomic E-state index is 8.88. The summed E-state index contributed by atoms with van der Waals surface area (Å²) in [4.78, 5) is 0. The fraction of sp³-hybridized carbons (Fsp3) is 0.923. The lowest BCUT2D eigenvalue weighted by molar-refractivity contribution is 0.416. The van der Waals surface area contributed by atoms with Crippen LogP contribution in [0.3, 0.4) is 0 Å². The summed E-state index contributed by atoms with van der Waals surface area (Å²) in [5.41, 5.74) is -0.149. The normalized spacial score (nSPS) is 13.4. The van der Waals surface area contributed by atoms with E-state index in [9.17, 15) is 0 Å². The fourth-order valence-electron chi connectivity index (χ4n) is 1.58. The summed E-state index contributed by atoms with van der Waals surface area (Å²) in [7, 11) is 0. The second-order valence-corrected chi connectivity index (χ2v) is 5.88. The third kappa shape index (κ3) is 8.01. The first kappa shape index (κ1) is 15.8. The van der Waals surface area contributed by atoms with Crippen molar-refractivity contribution in [3.8, 4) is 6.07 Å². The van der Waals surface area contributed by atoms with Crippen molar-refractivity contribution in [3.63, 3.8) is 0 Å². The molecule has 2 nitrogen and oxygen atoms in total. The first-order valence-corrected chi connectivity index (χ1v) is 7.58. The van der Waals surface area contributed by atoms with E-state index in [0.29, 0.717) is 6.04 Å². The SMILES string of the molecule is CCC(CSC)NCCCCC(C)(C)C#N. The minimum Gasteiger partial charge on any atom is -0.313 e. The molecule has 0 heterocycles. The van der Waals surface area contributed by atoms with Gasteiger partial charge in [0.2, 0.25) is 0 Å². The van der Waals surface area contributed by atoms with Crippen LogP contribution in [-0.2, 0) is 0 Å². The van der Waals surface area contributed by atoms with Gasteiger partial charge in [0.15, 0.2) is 0 Å². The van der Waals surface area contributed by atoms with Crippen molar-refractivity contribution in [1.29, 1.82) is 5.26 Å². The van der Waals surface area contributed by atoms with Crippen LogP contribution in [0.4, 0.5) is 0 Å². The average Bonchev–Trinajstić information content (AvgIpc) is 2.27. The summed E-state index contributed by atoms with van der Waals surface area (Å²) in [5.74, 6) is 1.19. The van der Waals surface area contributed by atoms with Crippen molar-refractivity contribution < 1.29 is 0 Å². The molecule has 0 spiro atoms. The van der Waals surface area contributed by atoms with E-state index in [0.717, 1.165) is 19.4 Å². The predicted octanol–water partition coefficient (Wildman–Crippen LogP) is 3.44. The summed E-state index contributed by atoms with van der Waals surface area (Å²) in [6, 6.07) is 3.00. The lowest BCUT2D eigenvalue weighted by Crippen LogP contribution is -2.31. The lowest BCUT2D eigenvalue weighted by atomic mass is 9.89. The summed E-state index contributed by atoms with van der Waals surface area (Å²) >= 11 is 1.90. The van der Waals surface area contributed by atoms with Crippen molar-refractivity contribution >= 4 is 11.8 Å². The number of nitrogens with zero attached hydrogens (tertiary/aromatic N) is 1. The van der Waals surface area contributed by atoms with Gasteiger partial charge in [0.25, 0.3) is 0 Å². The van der Waals surface area contributed by atoms with Crippen molar-refractivity contribution in [2.45, 2.75) is 52.5 Å². The standard InChI is InChI=1S/C13H26N2S/c1-5-12(10-16-4)15-9-7-6-8-13(2,3)11-14/h12,15H,5-10H2,1-4H3. The van der Waals surface area contributed by atoms with Crippen LogP contribution >= 0.6 is 11.8 Å². The van der Waals surface area contributed by atoms with Crippen molar-refractivity contribution in [1.82, 2.24) is 5.32 Å². The predicted molar refractivity (Wildman–Crippen MR) is 73.7 cm³/mol. The molecule has 0 aromatic carbocycles. The fourth-order valence-corrected chi connectivity index (χ4v) is 2.33. The molecule has 1 unspecified atom stereocenters. The summed E-state index contributed by atoms with van der Waals surface area (Å²) in [5, 5.41) is 12.4. The van der Waals surface area contributed by atoms with Crippen LogP contribution in [0.15, 0.2) is 0 Å². The van der Waals surface area contributed by atoms with Gasteiger partial charge in [0.05, 0.1) is 11.5 Å². The molecule has 0 aliphatic heterocycles. The second-order valence-electron chi connectivity index (χ2n) is 4.97. The Morgan fingerprint density at radius 1 is 1.38 bits per heavy atom. The van der Waals surface area contributed by atoms with Gasteiger partial charge in [0, 0.05) is 11.8 Å². The first-order valence-electron chi connectivity index (χ1n) is 6.19. The summed E-state index contributed by atoms with van der Waals surface area (Å²) in [6.45, 7) is 7.35. The summed E-state index contributed by atoms with van der Waals surface area (Å²) < 4.78 is 0. The topological polar surface area (TPSA) is 35.8 Å². The van der Waals surface area contributed by atoms with Crippen LogP contribution in [0.25, 0.3) is 0 Å². The van der Waals surface area contributed by atoms with E-state index >= 15 is 0 Å². The van der Waals surface area contributed by atoms with Gasteiger partial charge in [-0.05, 0) is 45.9 Å². The number of rotatable bonds is 9. The number of nitrogens with one attached hydrogen (secondary N) is 1. The smallest absolute Gasteiger partial charge is 0.0683 e. The van der Waals surface area contributed by atoms with Crippen molar-refractivity contribution in [2.75, 3.05) is 18.6 Å². The molecule has 94 valence electrons. The molecular formula is C13H26N2S. The lowest BCUT2D eigenvalue weighted by Gasteiger charge is -2.17. The minimum absolute atomic E-state index is 0.149. The van der Waals surface area contributed by atoms with Gasteiger partial charge in [-0.25, -0.2) is 0 Å². The zero-order valence-corrected chi connectivity index (χ0v) is 12.0. The average molecular weight is 242 g/mol. The highest BCUT2D eigenvalue weighted by Crippen LogP contribution is 2.21. The molecule has 1 N–H and O–H groups in total. The molecule has 0 radical (unpaired) electrons. The van der Waals surface area contributed by atoms with Crippen LogP contribution in [0, 0.1) is 16.7 Å². The maximum atomic E-state index is 8.88. The van der Waals surface area contributed by atoms with Crippen LogP contribution < -0.4 is 5.32 Å². The highest BCUT2D eigenvalue weighted by Gasteiger charge is 2.15. The molecule has 0 saturated heterocycles. The largest absolute Gasteiger partial charge is 0.313 e. The van der Waals surface area contributed by atoms with Crippen LogP contribution in [0.1, 0.15) is 46.5 Å². The molecule has 1 atom stereocenters. The van der Waals surface area contributed by atoms with Crippen molar-refractivity contribution in [3.05, 3.63) is 0 Å². The Kier molecular flexibility index (Phi) is 8.78. The zero-order valence-electron chi connectivity index (χ0n) is 11.2. The number of unbranched alkanes of at least 4 members (excludes halogenated alkanes) is 1. The molecule has 0 bridgehead atoms. The summed E-state index contributed by atoms with van der Waals surface area (Å²) in [6.07, 6.45) is 6.67. The van der Waals surface area contributed by atoms with Gasteiger partial charge < -0.3 is 5.32 Å². The Bertz CT molecular complexity index is 208. The molecule has 3 heteroatoms. The van der Waals surface area contributed by atoms with E-state index in [4.69, 9.17) is 5.26 Å². The van der Waals surface area contributed by atoms with Gasteiger partial charge in [-0.2, -0.15) is 17.0 Å². The number of thioether (sulfide) groups is 1. The molecule has 16 heavy (non-hydrogen) atoms. The van der Waals surface area contributed by atoms with Crippen LogP contribution in [0.2, 0.25) is 0 Å². The van der Waals surface area contributed by atoms with E-state index in [1.54, 1.807) is 0 Å². The Balaban J connectivity index is 3.50. The number of nitriles is 1. The van der Waals surface area contributed by atoms with Gasteiger partial charge in [-0.15, -0.1) is 0 Å². The van der Waals surface area contributed by atoms with E-state index < -0.39 is 0 Å².